The number of nitro groups is 1. The normalized spacial score (nSPS) is 11.1. The fourth-order valence-electron chi connectivity index (χ4n) is 2.07. The van der Waals surface area contributed by atoms with Crippen LogP contribution in [0.4, 0.5) is 11.6 Å². The van der Waals surface area contributed by atoms with E-state index < -0.39 is 4.92 Å². The van der Waals surface area contributed by atoms with Crippen molar-refractivity contribution >= 4 is 27.9 Å². The van der Waals surface area contributed by atoms with Gasteiger partial charge in [0, 0.05) is 30.7 Å². The highest BCUT2D eigenvalue weighted by Crippen LogP contribution is 2.28. The molecule has 0 amide bonds. The first kappa shape index (κ1) is 12.6. The van der Waals surface area contributed by atoms with Gasteiger partial charge >= 0.3 is 5.82 Å². The second-order valence-corrected chi connectivity index (χ2v) is 5.24. The van der Waals surface area contributed by atoms with Crippen molar-refractivity contribution in [3.05, 3.63) is 39.1 Å². The fourth-order valence-corrected chi connectivity index (χ4v) is 2.78. The standard InChI is InChI=1S/C11H12N6O2S/c1-7-8(6-15(2)14-7)5-12-9-10(17(18)19)16-3-4-20-11(16)13-9/h3-4,6,12H,5H2,1-2H3. The van der Waals surface area contributed by atoms with E-state index in [0.29, 0.717) is 11.5 Å². The average molecular weight is 292 g/mol. The van der Waals surface area contributed by atoms with E-state index in [1.807, 2.05) is 20.2 Å². The number of anilines is 1. The number of thiazole rings is 1. The monoisotopic (exact) mass is 292 g/mol. The summed E-state index contributed by atoms with van der Waals surface area (Å²) in [7, 11) is 1.84. The Labute approximate surface area is 117 Å². The molecule has 3 heterocycles. The quantitative estimate of drug-likeness (QED) is 0.586. The molecule has 8 nitrogen and oxygen atoms in total. The number of imidazole rings is 1. The number of rotatable bonds is 4. The largest absolute Gasteiger partial charge is 0.372 e. The zero-order chi connectivity index (χ0) is 14.3. The predicted molar refractivity (Wildman–Crippen MR) is 75.0 cm³/mol. The zero-order valence-corrected chi connectivity index (χ0v) is 11.7. The number of aryl methyl sites for hydroxylation is 2. The molecule has 0 bridgehead atoms. The van der Waals surface area contributed by atoms with Gasteiger partial charge in [-0.1, -0.05) is 11.3 Å². The van der Waals surface area contributed by atoms with E-state index in [1.165, 1.54) is 15.7 Å². The lowest BCUT2D eigenvalue weighted by Gasteiger charge is -2.02. The summed E-state index contributed by atoms with van der Waals surface area (Å²) in [5, 5.41) is 20.2. The topological polar surface area (TPSA) is 90.3 Å². The lowest BCUT2D eigenvalue weighted by Crippen LogP contribution is -2.03. The van der Waals surface area contributed by atoms with Crippen LogP contribution >= 0.6 is 11.3 Å². The molecule has 3 rings (SSSR count). The number of nitrogens with one attached hydrogen (secondary N) is 1. The maximum Gasteiger partial charge on any atom is 0.372 e. The molecule has 0 spiro atoms. The molecule has 9 heteroatoms. The van der Waals surface area contributed by atoms with Gasteiger partial charge < -0.3 is 15.4 Å². The summed E-state index contributed by atoms with van der Waals surface area (Å²) in [5.41, 5.74) is 1.88. The molecule has 3 aromatic heterocycles. The minimum atomic E-state index is -0.425. The molecule has 0 aliphatic heterocycles. The van der Waals surface area contributed by atoms with Gasteiger partial charge in [0.25, 0.3) is 4.96 Å². The van der Waals surface area contributed by atoms with Crippen molar-refractivity contribution in [1.82, 2.24) is 19.2 Å². The van der Waals surface area contributed by atoms with Crippen LogP contribution in [0.5, 0.6) is 0 Å². The molecule has 3 aromatic rings. The Morgan fingerprint density at radius 2 is 2.35 bits per heavy atom. The van der Waals surface area contributed by atoms with E-state index in [9.17, 15) is 10.1 Å². The molecule has 0 saturated heterocycles. The summed E-state index contributed by atoms with van der Waals surface area (Å²) in [6, 6.07) is 0. The molecule has 1 N–H and O–H groups in total. The minimum Gasteiger partial charge on any atom is -0.359 e. The Morgan fingerprint density at radius 3 is 3.00 bits per heavy atom. The van der Waals surface area contributed by atoms with E-state index >= 15 is 0 Å². The maximum atomic E-state index is 11.2. The Balaban J connectivity index is 1.90. The van der Waals surface area contributed by atoms with Crippen molar-refractivity contribution in [1.29, 1.82) is 0 Å². The van der Waals surface area contributed by atoms with Crippen molar-refractivity contribution in [3.8, 4) is 0 Å². The van der Waals surface area contributed by atoms with Crippen LogP contribution < -0.4 is 5.32 Å². The van der Waals surface area contributed by atoms with E-state index in [1.54, 1.807) is 16.3 Å². The molecule has 0 radical (unpaired) electrons. The molecule has 0 unspecified atom stereocenters. The van der Waals surface area contributed by atoms with Crippen LogP contribution in [0.25, 0.3) is 4.96 Å². The molecule has 0 saturated carbocycles. The third-order valence-corrected chi connectivity index (χ3v) is 3.73. The smallest absolute Gasteiger partial charge is 0.359 e. The maximum absolute atomic E-state index is 11.2. The van der Waals surface area contributed by atoms with Crippen molar-refractivity contribution < 1.29 is 4.92 Å². The van der Waals surface area contributed by atoms with Gasteiger partial charge in [-0.25, -0.2) is 0 Å². The Kier molecular flexibility index (Phi) is 2.90. The highest BCUT2D eigenvalue weighted by Gasteiger charge is 2.23. The fraction of sp³-hybridized carbons (Fsp3) is 0.273. The van der Waals surface area contributed by atoms with E-state index in [4.69, 9.17) is 0 Å². The first-order chi connectivity index (χ1) is 9.56. The highest BCUT2D eigenvalue weighted by atomic mass is 32.1. The second kappa shape index (κ2) is 4.60. The Hall–Kier alpha value is -2.42. The third-order valence-electron chi connectivity index (χ3n) is 2.97. The van der Waals surface area contributed by atoms with Gasteiger partial charge in [-0.3, -0.25) is 4.68 Å². The molecule has 20 heavy (non-hydrogen) atoms. The molecule has 104 valence electrons. The molecule has 0 aliphatic carbocycles. The van der Waals surface area contributed by atoms with Gasteiger partial charge in [-0.2, -0.15) is 14.5 Å². The molecule has 0 aromatic carbocycles. The van der Waals surface area contributed by atoms with Crippen molar-refractivity contribution in [2.45, 2.75) is 13.5 Å². The number of nitrogens with zero attached hydrogens (tertiary/aromatic N) is 5. The molecular formula is C11H12N6O2S. The summed E-state index contributed by atoms with van der Waals surface area (Å²) in [4.78, 5) is 15.6. The van der Waals surface area contributed by atoms with Crippen molar-refractivity contribution in [3.63, 3.8) is 0 Å². The number of aromatic nitrogens is 4. The first-order valence-corrected chi connectivity index (χ1v) is 6.77. The van der Waals surface area contributed by atoms with Gasteiger partial charge in [0.05, 0.1) is 5.69 Å². The van der Waals surface area contributed by atoms with Crippen LogP contribution in [0, 0.1) is 17.0 Å². The van der Waals surface area contributed by atoms with Gasteiger partial charge in [0.2, 0.25) is 5.82 Å². The minimum absolute atomic E-state index is 0.0391. The molecular weight excluding hydrogens is 280 g/mol. The summed E-state index contributed by atoms with van der Waals surface area (Å²) in [5.74, 6) is 0.243. The zero-order valence-electron chi connectivity index (χ0n) is 10.9. The Morgan fingerprint density at radius 1 is 1.55 bits per heavy atom. The van der Waals surface area contributed by atoms with E-state index in [2.05, 4.69) is 15.4 Å². The van der Waals surface area contributed by atoms with Crippen molar-refractivity contribution in [2.24, 2.45) is 7.05 Å². The second-order valence-electron chi connectivity index (χ2n) is 4.36. The van der Waals surface area contributed by atoms with Gasteiger partial charge in [0.1, 0.15) is 6.20 Å². The third kappa shape index (κ3) is 2.01. The van der Waals surface area contributed by atoms with E-state index in [0.717, 1.165) is 11.3 Å². The van der Waals surface area contributed by atoms with Gasteiger partial charge in [0.15, 0.2) is 0 Å². The number of hydrogen-bond donors (Lipinski definition) is 1. The lowest BCUT2D eigenvalue weighted by atomic mass is 10.2. The van der Waals surface area contributed by atoms with Crippen LogP contribution in [-0.4, -0.2) is 24.1 Å². The van der Waals surface area contributed by atoms with Gasteiger partial charge in [-0.05, 0) is 11.8 Å². The van der Waals surface area contributed by atoms with Crippen LogP contribution in [0.2, 0.25) is 0 Å². The van der Waals surface area contributed by atoms with Crippen LogP contribution in [0.1, 0.15) is 11.3 Å². The SMILES string of the molecule is Cc1nn(C)cc1CNc1nc2sccn2c1[N+](=O)[O-]. The molecule has 0 atom stereocenters. The van der Waals surface area contributed by atoms with Gasteiger partial charge in [-0.15, -0.1) is 0 Å². The average Bonchev–Trinajstić information content (AvgIpc) is 3.00. The van der Waals surface area contributed by atoms with Crippen LogP contribution in [0.3, 0.4) is 0 Å². The molecule has 0 fully saturated rings. The van der Waals surface area contributed by atoms with Crippen LogP contribution in [-0.2, 0) is 13.6 Å². The predicted octanol–water partition coefficient (Wildman–Crippen LogP) is 1.96. The number of fused-ring (bicyclic) bond motifs is 1. The summed E-state index contributed by atoms with van der Waals surface area (Å²) >= 11 is 1.36. The van der Waals surface area contributed by atoms with Crippen LogP contribution in [0.15, 0.2) is 17.8 Å². The first-order valence-electron chi connectivity index (χ1n) is 5.89. The van der Waals surface area contributed by atoms with E-state index in [-0.39, 0.29) is 11.6 Å². The van der Waals surface area contributed by atoms with Crippen molar-refractivity contribution in [2.75, 3.05) is 5.32 Å². The summed E-state index contributed by atoms with van der Waals surface area (Å²) in [6.45, 7) is 2.35. The summed E-state index contributed by atoms with van der Waals surface area (Å²) in [6.07, 6.45) is 3.53. The Bertz CT molecular complexity index is 786. The summed E-state index contributed by atoms with van der Waals surface area (Å²) < 4.78 is 3.19. The highest BCUT2D eigenvalue weighted by molar-refractivity contribution is 7.15. The molecule has 0 aliphatic rings. The number of hydrogen-bond acceptors (Lipinski definition) is 6. The lowest BCUT2D eigenvalue weighted by molar-refractivity contribution is -0.389.